The van der Waals surface area contributed by atoms with Gasteiger partial charge in [0.2, 0.25) is 0 Å². The Labute approximate surface area is 124 Å². The highest BCUT2D eigenvalue weighted by atomic mass is 79.9. The molecule has 0 aliphatic carbocycles. The van der Waals surface area contributed by atoms with Crippen molar-refractivity contribution in [2.24, 2.45) is 0 Å². The molecular formula is C16H12BrN3. The Morgan fingerprint density at radius 2 is 1.75 bits per heavy atom. The Morgan fingerprint density at radius 1 is 0.900 bits per heavy atom. The van der Waals surface area contributed by atoms with Crippen LogP contribution >= 0.6 is 15.9 Å². The van der Waals surface area contributed by atoms with Crippen molar-refractivity contribution in [3.05, 3.63) is 71.7 Å². The quantitative estimate of drug-likeness (QED) is 0.515. The highest BCUT2D eigenvalue weighted by Gasteiger charge is 1.94. The summed E-state index contributed by atoms with van der Waals surface area (Å²) < 4.78 is 0.996. The molecule has 0 saturated heterocycles. The molecule has 0 unspecified atom stereocenters. The van der Waals surface area contributed by atoms with E-state index in [9.17, 15) is 0 Å². The van der Waals surface area contributed by atoms with Gasteiger partial charge in [-0.15, -0.1) is 0 Å². The Bertz CT molecular complexity index is 741. The minimum atomic E-state index is 0.996. The summed E-state index contributed by atoms with van der Waals surface area (Å²) in [5, 5.41) is 2.33. The average molecular weight is 326 g/mol. The van der Waals surface area contributed by atoms with Crippen LogP contribution in [0.2, 0.25) is 0 Å². The van der Waals surface area contributed by atoms with Gasteiger partial charge in [0.15, 0.2) is 0 Å². The molecule has 0 aliphatic heterocycles. The van der Waals surface area contributed by atoms with Gasteiger partial charge in [0.05, 0.1) is 10.1 Å². The second kappa shape index (κ2) is 5.84. The summed E-state index contributed by atoms with van der Waals surface area (Å²) in [6.45, 7) is 0. The standard InChI is InChI=1S/C9H7N.C7H5BrN2/c1-2-6-9-8(4-1)5-3-7-10-9;8-7-3-5-4-9-2-1-6(5)10-7/h1-7H;1-4,10H. The van der Waals surface area contributed by atoms with E-state index in [1.54, 1.807) is 6.20 Å². The molecule has 0 aliphatic rings. The van der Waals surface area contributed by atoms with Gasteiger partial charge in [0.1, 0.15) is 0 Å². The molecule has 0 bridgehead atoms. The van der Waals surface area contributed by atoms with Crippen molar-refractivity contribution in [3.63, 3.8) is 0 Å². The highest BCUT2D eigenvalue weighted by molar-refractivity contribution is 9.10. The van der Waals surface area contributed by atoms with Crippen molar-refractivity contribution >= 4 is 37.7 Å². The molecule has 0 spiro atoms. The SMILES string of the molecule is Brc1cc2cnccc2[nH]1.c1ccc2ncccc2c1. The van der Waals surface area contributed by atoms with Gasteiger partial charge in [-0.3, -0.25) is 9.97 Å². The number of fused-ring (bicyclic) bond motifs is 2. The maximum absolute atomic E-state index is 4.18. The molecule has 0 atom stereocenters. The summed E-state index contributed by atoms with van der Waals surface area (Å²) in [4.78, 5) is 11.3. The first-order chi connectivity index (χ1) is 9.83. The largest absolute Gasteiger partial charge is 0.349 e. The number of rotatable bonds is 0. The molecule has 20 heavy (non-hydrogen) atoms. The Balaban J connectivity index is 0.000000121. The van der Waals surface area contributed by atoms with E-state index >= 15 is 0 Å². The Morgan fingerprint density at radius 3 is 2.60 bits per heavy atom. The number of nitrogens with zero attached hydrogens (tertiary/aromatic N) is 2. The monoisotopic (exact) mass is 325 g/mol. The lowest BCUT2D eigenvalue weighted by molar-refractivity contribution is 1.35. The van der Waals surface area contributed by atoms with Crippen LogP contribution in [0.3, 0.4) is 0 Å². The predicted octanol–water partition coefficient (Wildman–Crippen LogP) is 4.56. The first-order valence-electron chi connectivity index (χ1n) is 6.21. The van der Waals surface area contributed by atoms with E-state index in [2.05, 4.69) is 43.0 Å². The molecule has 1 aromatic carbocycles. The molecule has 3 aromatic heterocycles. The van der Waals surface area contributed by atoms with Crippen LogP contribution in [0, 0.1) is 0 Å². The second-order valence-electron chi connectivity index (χ2n) is 4.28. The summed E-state index contributed by atoms with van der Waals surface area (Å²) in [6.07, 6.45) is 5.41. The zero-order chi connectivity index (χ0) is 13.8. The van der Waals surface area contributed by atoms with E-state index in [1.165, 1.54) is 5.39 Å². The molecule has 4 rings (SSSR count). The van der Waals surface area contributed by atoms with Gasteiger partial charge >= 0.3 is 0 Å². The maximum atomic E-state index is 4.18. The first kappa shape index (κ1) is 12.8. The predicted molar refractivity (Wildman–Crippen MR) is 85.5 cm³/mol. The van der Waals surface area contributed by atoms with E-state index < -0.39 is 0 Å². The number of hydrogen-bond acceptors (Lipinski definition) is 2. The van der Waals surface area contributed by atoms with Gasteiger partial charge in [-0.25, -0.2) is 0 Å². The minimum Gasteiger partial charge on any atom is -0.349 e. The fraction of sp³-hybridized carbons (Fsp3) is 0. The Kier molecular flexibility index (Phi) is 3.74. The van der Waals surface area contributed by atoms with Crippen LogP contribution in [0.4, 0.5) is 0 Å². The molecule has 4 aromatic rings. The summed E-state index contributed by atoms with van der Waals surface area (Å²) in [6, 6.07) is 16.0. The van der Waals surface area contributed by atoms with E-state index in [1.807, 2.05) is 48.8 Å². The van der Waals surface area contributed by atoms with Crippen LogP contribution < -0.4 is 0 Å². The number of hydrogen-bond donors (Lipinski definition) is 1. The van der Waals surface area contributed by atoms with Crippen molar-refractivity contribution in [1.82, 2.24) is 15.0 Å². The van der Waals surface area contributed by atoms with Crippen LogP contribution in [0.25, 0.3) is 21.8 Å². The van der Waals surface area contributed by atoms with E-state index in [0.717, 1.165) is 21.0 Å². The zero-order valence-corrected chi connectivity index (χ0v) is 12.2. The van der Waals surface area contributed by atoms with Crippen LogP contribution in [0.1, 0.15) is 0 Å². The molecule has 3 nitrogen and oxygen atoms in total. The topological polar surface area (TPSA) is 41.6 Å². The van der Waals surface area contributed by atoms with Crippen molar-refractivity contribution < 1.29 is 0 Å². The number of halogens is 1. The zero-order valence-electron chi connectivity index (χ0n) is 10.6. The number of aromatic amines is 1. The van der Waals surface area contributed by atoms with Gasteiger partial charge in [-0.05, 0) is 40.2 Å². The lowest BCUT2D eigenvalue weighted by atomic mass is 10.2. The number of benzene rings is 1. The average Bonchev–Trinajstić information content (AvgIpc) is 2.88. The van der Waals surface area contributed by atoms with E-state index in [4.69, 9.17) is 0 Å². The van der Waals surface area contributed by atoms with Crippen molar-refractivity contribution in [2.45, 2.75) is 0 Å². The lowest BCUT2D eigenvalue weighted by Gasteiger charge is -1.91. The summed E-state index contributed by atoms with van der Waals surface area (Å²) in [7, 11) is 0. The smallest absolute Gasteiger partial charge is 0.0831 e. The van der Waals surface area contributed by atoms with Gasteiger partial charge < -0.3 is 4.98 Å². The number of aromatic nitrogens is 3. The number of para-hydroxylation sites is 1. The summed E-state index contributed by atoms with van der Waals surface area (Å²) in [5.41, 5.74) is 2.17. The molecule has 98 valence electrons. The fourth-order valence-corrected chi connectivity index (χ4v) is 2.41. The van der Waals surface area contributed by atoms with Crippen LogP contribution in [0.15, 0.2) is 71.7 Å². The first-order valence-corrected chi connectivity index (χ1v) is 7.00. The van der Waals surface area contributed by atoms with Gasteiger partial charge in [-0.2, -0.15) is 0 Å². The molecule has 0 amide bonds. The third-order valence-corrected chi connectivity index (χ3v) is 3.33. The van der Waals surface area contributed by atoms with E-state index in [0.29, 0.717) is 0 Å². The van der Waals surface area contributed by atoms with Gasteiger partial charge in [0.25, 0.3) is 0 Å². The third-order valence-electron chi connectivity index (χ3n) is 2.90. The number of H-pyrrole nitrogens is 1. The number of nitrogens with one attached hydrogen (secondary N) is 1. The fourth-order valence-electron chi connectivity index (χ4n) is 1.95. The van der Waals surface area contributed by atoms with Gasteiger partial charge in [-0.1, -0.05) is 24.3 Å². The van der Waals surface area contributed by atoms with Crippen LogP contribution in [0.5, 0.6) is 0 Å². The second-order valence-corrected chi connectivity index (χ2v) is 5.13. The highest BCUT2D eigenvalue weighted by Crippen LogP contribution is 2.16. The minimum absolute atomic E-state index is 0.996. The van der Waals surface area contributed by atoms with Crippen molar-refractivity contribution in [3.8, 4) is 0 Å². The maximum Gasteiger partial charge on any atom is 0.0831 e. The molecule has 0 saturated carbocycles. The van der Waals surface area contributed by atoms with Crippen LogP contribution in [-0.4, -0.2) is 15.0 Å². The van der Waals surface area contributed by atoms with Crippen molar-refractivity contribution in [2.75, 3.05) is 0 Å². The number of pyridine rings is 2. The van der Waals surface area contributed by atoms with Crippen molar-refractivity contribution in [1.29, 1.82) is 0 Å². The normalized spacial score (nSPS) is 10.2. The third kappa shape index (κ3) is 2.86. The Hall–Kier alpha value is -2.20. The van der Waals surface area contributed by atoms with E-state index in [-0.39, 0.29) is 0 Å². The molecule has 0 fully saturated rings. The summed E-state index contributed by atoms with van der Waals surface area (Å²) in [5.74, 6) is 0. The molecule has 1 N–H and O–H groups in total. The molecular weight excluding hydrogens is 314 g/mol. The molecule has 4 heteroatoms. The molecule has 0 radical (unpaired) electrons. The van der Waals surface area contributed by atoms with Gasteiger partial charge in [0, 0.05) is 34.9 Å². The lowest BCUT2D eigenvalue weighted by Crippen LogP contribution is -1.73. The van der Waals surface area contributed by atoms with Crippen LogP contribution in [-0.2, 0) is 0 Å². The summed E-state index contributed by atoms with van der Waals surface area (Å²) >= 11 is 3.34. The molecule has 3 heterocycles.